The van der Waals surface area contributed by atoms with E-state index in [0.717, 1.165) is 75.7 Å². The number of urea groups is 1. The molecule has 0 radical (unpaired) electrons. The highest BCUT2D eigenvalue weighted by Gasteiger charge is 2.25. The van der Waals surface area contributed by atoms with Crippen LogP contribution < -0.4 is 15.5 Å². The monoisotopic (exact) mass is 374 g/mol. The standard InChI is InChI=1S/C19H30N6O2/c26-19(21-16-4-1-2-6-20-13-16)25-8-5-17-15(14-25)12-18(23-22-17)24-7-3-10-27-11-9-24/h12,16,20H,1-11,13-14H2,(H,21,26). The number of hydrogen-bond donors (Lipinski definition) is 2. The van der Waals surface area contributed by atoms with Crippen LogP contribution in [-0.2, 0) is 17.7 Å². The summed E-state index contributed by atoms with van der Waals surface area (Å²) in [7, 11) is 0. The number of fused-ring (bicyclic) bond motifs is 1. The molecule has 0 spiro atoms. The number of nitrogens with one attached hydrogen (secondary N) is 2. The number of ether oxygens (including phenoxy) is 1. The van der Waals surface area contributed by atoms with Crippen LogP contribution >= 0.6 is 0 Å². The lowest BCUT2D eigenvalue weighted by Crippen LogP contribution is -2.49. The first-order valence-corrected chi connectivity index (χ1v) is 10.2. The van der Waals surface area contributed by atoms with E-state index in [0.29, 0.717) is 13.1 Å². The molecule has 8 nitrogen and oxygen atoms in total. The molecule has 2 saturated heterocycles. The Labute approximate surface area is 160 Å². The van der Waals surface area contributed by atoms with Gasteiger partial charge in [0.1, 0.15) is 0 Å². The highest BCUT2D eigenvalue weighted by molar-refractivity contribution is 5.75. The van der Waals surface area contributed by atoms with Crippen molar-refractivity contribution in [2.24, 2.45) is 0 Å². The predicted octanol–water partition coefficient (Wildman–Crippen LogP) is 0.913. The van der Waals surface area contributed by atoms with Gasteiger partial charge in [0.25, 0.3) is 0 Å². The lowest BCUT2D eigenvalue weighted by Gasteiger charge is -2.31. The van der Waals surface area contributed by atoms with E-state index in [1.807, 2.05) is 4.90 Å². The molecule has 4 heterocycles. The van der Waals surface area contributed by atoms with Gasteiger partial charge in [0.2, 0.25) is 0 Å². The Bertz CT molecular complexity index is 639. The molecule has 8 heteroatoms. The molecule has 1 aromatic heterocycles. The lowest BCUT2D eigenvalue weighted by molar-refractivity contribution is 0.152. The summed E-state index contributed by atoms with van der Waals surface area (Å²) in [5.74, 6) is 0.898. The summed E-state index contributed by atoms with van der Waals surface area (Å²) < 4.78 is 5.53. The zero-order valence-corrected chi connectivity index (χ0v) is 16.0. The van der Waals surface area contributed by atoms with Crippen molar-refractivity contribution in [1.82, 2.24) is 25.7 Å². The highest BCUT2D eigenvalue weighted by atomic mass is 16.5. The van der Waals surface area contributed by atoms with Crippen LogP contribution in [0.4, 0.5) is 10.6 Å². The number of carbonyl (C=O) groups excluding carboxylic acids is 1. The van der Waals surface area contributed by atoms with Crippen LogP contribution in [0.25, 0.3) is 0 Å². The van der Waals surface area contributed by atoms with Gasteiger partial charge in [0.05, 0.1) is 12.3 Å². The minimum absolute atomic E-state index is 0.0379. The van der Waals surface area contributed by atoms with Crippen molar-refractivity contribution in [1.29, 1.82) is 0 Å². The van der Waals surface area contributed by atoms with Gasteiger partial charge in [-0.2, -0.15) is 5.10 Å². The Kier molecular flexibility index (Phi) is 6.03. The molecule has 0 aromatic carbocycles. The van der Waals surface area contributed by atoms with Crippen molar-refractivity contribution in [2.75, 3.05) is 50.8 Å². The molecule has 0 bridgehead atoms. The zero-order chi connectivity index (χ0) is 18.5. The van der Waals surface area contributed by atoms with Crippen molar-refractivity contribution >= 4 is 11.8 Å². The molecule has 1 atom stereocenters. The van der Waals surface area contributed by atoms with Gasteiger partial charge in [0, 0.05) is 51.8 Å². The first-order valence-electron chi connectivity index (χ1n) is 10.2. The Morgan fingerprint density at radius 3 is 3.11 bits per heavy atom. The van der Waals surface area contributed by atoms with Crippen molar-refractivity contribution in [3.63, 3.8) is 0 Å². The average molecular weight is 374 g/mol. The van der Waals surface area contributed by atoms with Crippen molar-refractivity contribution < 1.29 is 9.53 Å². The molecular weight excluding hydrogens is 344 g/mol. The van der Waals surface area contributed by atoms with Crippen molar-refractivity contribution in [3.8, 4) is 0 Å². The Hall–Kier alpha value is -1.93. The third-order valence-electron chi connectivity index (χ3n) is 5.63. The van der Waals surface area contributed by atoms with Gasteiger partial charge in [-0.05, 0) is 37.4 Å². The maximum Gasteiger partial charge on any atom is 0.317 e. The molecule has 27 heavy (non-hydrogen) atoms. The zero-order valence-electron chi connectivity index (χ0n) is 16.0. The van der Waals surface area contributed by atoms with Crippen LogP contribution in [0.2, 0.25) is 0 Å². The van der Waals surface area contributed by atoms with Crippen LogP contribution in [0.3, 0.4) is 0 Å². The van der Waals surface area contributed by atoms with Crippen LogP contribution in [0.1, 0.15) is 36.9 Å². The maximum absolute atomic E-state index is 12.7. The third-order valence-corrected chi connectivity index (χ3v) is 5.63. The fourth-order valence-electron chi connectivity index (χ4n) is 4.03. The summed E-state index contributed by atoms with van der Waals surface area (Å²) >= 11 is 0. The quantitative estimate of drug-likeness (QED) is 0.801. The third kappa shape index (κ3) is 4.68. The van der Waals surface area contributed by atoms with Gasteiger partial charge in [-0.25, -0.2) is 4.79 Å². The maximum atomic E-state index is 12.7. The number of amides is 2. The summed E-state index contributed by atoms with van der Waals surface area (Å²) in [6, 6.07) is 2.38. The fourth-order valence-corrected chi connectivity index (χ4v) is 4.03. The van der Waals surface area contributed by atoms with Gasteiger partial charge >= 0.3 is 6.03 Å². The molecule has 2 amide bonds. The summed E-state index contributed by atoms with van der Waals surface area (Å²) in [6.07, 6.45) is 5.17. The Balaban J connectivity index is 1.40. The lowest BCUT2D eigenvalue weighted by atomic mass is 10.1. The molecule has 0 aliphatic carbocycles. The second-order valence-electron chi connectivity index (χ2n) is 7.65. The number of carbonyl (C=O) groups is 1. The van der Waals surface area contributed by atoms with E-state index < -0.39 is 0 Å². The van der Waals surface area contributed by atoms with E-state index in [4.69, 9.17) is 4.74 Å². The molecule has 4 rings (SSSR count). The van der Waals surface area contributed by atoms with E-state index in [2.05, 4.69) is 31.8 Å². The molecule has 148 valence electrons. The van der Waals surface area contributed by atoms with E-state index in [1.165, 1.54) is 12.8 Å². The minimum Gasteiger partial charge on any atom is -0.380 e. The van der Waals surface area contributed by atoms with Crippen LogP contribution in [0.15, 0.2) is 6.07 Å². The SMILES string of the molecule is O=C(NC1CCCCNC1)N1CCc2nnc(N3CCCOCC3)cc2C1. The largest absolute Gasteiger partial charge is 0.380 e. The molecule has 3 aliphatic rings. The molecule has 2 N–H and O–H groups in total. The molecule has 0 saturated carbocycles. The van der Waals surface area contributed by atoms with Gasteiger partial charge < -0.3 is 25.2 Å². The molecule has 1 unspecified atom stereocenters. The minimum atomic E-state index is 0.0379. The topological polar surface area (TPSA) is 82.6 Å². The van der Waals surface area contributed by atoms with Crippen LogP contribution in [-0.4, -0.2) is 73.1 Å². The number of nitrogens with zero attached hydrogens (tertiary/aromatic N) is 4. The number of hydrogen-bond acceptors (Lipinski definition) is 6. The molecule has 3 aliphatic heterocycles. The van der Waals surface area contributed by atoms with E-state index in [-0.39, 0.29) is 12.1 Å². The van der Waals surface area contributed by atoms with Crippen LogP contribution in [0.5, 0.6) is 0 Å². The van der Waals surface area contributed by atoms with E-state index in [1.54, 1.807) is 0 Å². The summed E-state index contributed by atoms with van der Waals surface area (Å²) in [5, 5.41) is 15.5. The highest BCUT2D eigenvalue weighted by Crippen LogP contribution is 2.22. The normalized spacial score (nSPS) is 23.9. The summed E-state index contributed by atoms with van der Waals surface area (Å²) in [5.41, 5.74) is 2.13. The van der Waals surface area contributed by atoms with Crippen LogP contribution in [0, 0.1) is 0 Å². The van der Waals surface area contributed by atoms with Gasteiger partial charge in [0.15, 0.2) is 5.82 Å². The first kappa shape index (κ1) is 18.4. The summed E-state index contributed by atoms with van der Waals surface area (Å²) in [6.45, 7) is 6.52. The van der Waals surface area contributed by atoms with Crippen molar-refractivity contribution in [3.05, 3.63) is 17.3 Å². The second-order valence-corrected chi connectivity index (χ2v) is 7.65. The van der Waals surface area contributed by atoms with Gasteiger partial charge in [-0.3, -0.25) is 0 Å². The molecule has 2 fully saturated rings. The number of aromatic nitrogens is 2. The second kappa shape index (κ2) is 8.84. The summed E-state index contributed by atoms with van der Waals surface area (Å²) in [4.78, 5) is 16.9. The average Bonchev–Trinajstić information content (AvgIpc) is 3.12. The molecular formula is C19H30N6O2. The van der Waals surface area contributed by atoms with Crippen molar-refractivity contribution in [2.45, 2.75) is 44.7 Å². The fraction of sp³-hybridized carbons (Fsp3) is 0.737. The predicted molar refractivity (Wildman–Crippen MR) is 103 cm³/mol. The Morgan fingerprint density at radius 1 is 1.19 bits per heavy atom. The smallest absolute Gasteiger partial charge is 0.317 e. The number of rotatable bonds is 2. The van der Waals surface area contributed by atoms with Gasteiger partial charge in [-0.15, -0.1) is 5.10 Å². The Morgan fingerprint density at radius 2 is 2.15 bits per heavy atom. The van der Waals surface area contributed by atoms with Gasteiger partial charge in [-0.1, -0.05) is 6.42 Å². The van der Waals surface area contributed by atoms with E-state index in [9.17, 15) is 4.79 Å². The number of anilines is 1. The molecule has 1 aromatic rings. The van der Waals surface area contributed by atoms with E-state index >= 15 is 0 Å². The first-order chi connectivity index (χ1) is 13.3.